The number of hydrogen-bond acceptors (Lipinski definition) is 4. The van der Waals surface area contributed by atoms with E-state index >= 15 is 0 Å². The van der Waals surface area contributed by atoms with Crippen LogP contribution in [0.2, 0.25) is 10.0 Å². The van der Waals surface area contributed by atoms with E-state index in [1.807, 2.05) is 26.0 Å². The Morgan fingerprint density at radius 2 is 1.57 bits per heavy atom. The molecule has 0 saturated heterocycles. The SMILES string of the molecule is CC(=O)N1C=C(c2cccc(OCc3cccc(Cl)c3)c2)N(C(Cc2cccc(Cl)c2)C(=O)O)C(=O)[C@H]1C(C)C. The van der Waals surface area contributed by atoms with E-state index in [0.717, 1.165) is 5.56 Å². The second kappa shape index (κ2) is 12.6. The maximum absolute atomic E-state index is 14.1. The maximum Gasteiger partial charge on any atom is 0.327 e. The molecule has 0 spiro atoms. The van der Waals surface area contributed by atoms with Gasteiger partial charge in [-0.2, -0.15) is 0 Å². The van der Waals surface area contributed by atoms with E-state index < -0.39 is 24.0 Å². The first-order chi connectivity index (χ1) is 19.0. The van der Waals surface area contributed by atoms with E-state index in [0.29, 0.717) is 32.6 Å². The van der Waals surface area contributed by atoms with E-state index in [1.165, 1.54) is 16.7 Å². The summed E-state index contributed by atoms with van der Waals surface area (Å²) in [4.78, 5) is 42.1. The molecule has 0 fully saturated rings. The quantitative estimate of drug-likeness (QED) is 0.321. The Labute approximate surface area is 243 Å². The van der Waals surface area contributed by atoms with Crippen LogP contribution in [0.1, 0.15) is 37.5 Å². The molecule has 0 saturated carbocycles. The van der Waals surface area contributed by atoms with Crippen molar-refractivity contribution in [2.24, 2.45) is 5.92 Å². The molecule has 0 aromatic heterocycles. The predicted molar refractivity (Wildman–Crippen MR) is 155 cm³/mol. The molecule has 1 aliphatic rings. The summed E-state index contributed by atoms with van der Waals surface area (Å²) in [5.41, 5.74) is 2.37. The Morgan fingerprint density at radius 1 is 0.950 bits per heavy atom. The summed E-state index contributed by atoms with van der Waals surface area (Å²) in [6.45, 7) is 5.30. The number of ether oxygens (including phenoxy) is 1. The van der Waals surface area contributed by atoms with Gasteiger partial charge in [-0.05, 0) is 53.4 Å². The normalized spacial score (nSPS) is 16.1. The Kier molecular flexibility index (Phi) is 9.17. The molecule has 4 rings (SSSR count). The van der Waals surface area contributed by atoms with Crippen LogP contribution in [0.25, 0.3) is 5.70 Å². The molecule has 0 aliphatic carbocycles. The molecule has 2 atom stereocenters. The van der Waals surface area contributed by atoms with Crippen LogP contribution in [0.5, 0.6) is 5.75 Å². The van der Waals surface area contributed by atoms with Gasteiger partial charge in [0.15, 0.2) is 0 Å². The highest BCUT2D eigenvalue weighted by molar-refractivity contribution is 6.30. The van der Waals surface area contributed by atoms with E-state index in [4.69, 9.17) is 27.9 Å². The summed E-state index contributed by atoms with van der Waals surface area (Å²) in [5, 5.41) is 11.4. The topological polar surface area (TPSA) is 87.2 Å². The minimum Gasteiger partial charge on any atom is -0.489 e. The molecular weight excluding hydrogens is 551 g/mol. The molecule has 3 aromatic carbocycles. The Balaban J connectivity index is 1.77. The third-order valence-corrected chi connectivity index (χ3v) is 7.12. The fraction of sp³-hybridized carbons (Fsp3) is 0.258. The number of carbonyl (C=O) groups excluding carboxylic acids is 2. The van der Waals surface area contributed by atoms with Crippen LogP contribution < -0.4 is 4.74 Å². The van der Waals surface area contributed by atoms with Gasteiger partial charge in [0.1, 0.15) is 24.4 Å². The van der Waals surface area contributed by atoms with Crippen molar-refractivity contribution in [1.82, 2.24) is 9.80 Å². The lowest BCUT2D eigenvalue weighted by atomic mass is 9.94. The van der Waals surface area contributed by atoms with Crippen molar-refractivity contribution >= 4 is 46.7 Å². The van der Waals surface area contributed by atoms with Crippen LogP contribution in [0.3, 0.4) is 0 Å². The highest BCUT2D eigenvalue weighted by atomic mass is 35.5. The lowest BCUT2D eigenvalue weighted by Gasteiger charge is -2.43. The van der Waals surface area contributed by atoms with Crippen molar-refractivity contribution in [1.29, 1.82) is 0 Å². The van der Waals surface area contributed by atoms with Crippen LogP contribution >= 0.6 is 23.2 Å². The molecule has 2 amide bonds. The zero-order chi connectivity index (χ0) is 29.0. The van der Waals surface area contributed by atoms with Crippen LogP contribution in [-0.2, 0) is 27.4 Å². The summed E-state index contributed by atoms with van der Waals surface area (Å²) in [7, 11) is 0. The molecule has 0 bridgehead atoms. The summed E-state index contributed by atoms with van der Waals surface area (Å²) in [6, 6.07) is 19.1. The number of carboxylic acid groups (broad SMARTS) is 1. The van der Waals surface area contributed by atoms with Gasteiger partial charge in [0.25, 0.3) is 5.91 Å². The van der Waals surface area contributed by atoms with Gasteiger partial charge < -0.3 is 14.7 Å². The minimum absolute atomic E-state index is 0.0226. The van der Waals surface area contributed by atoms with Gasteiger partial charge in [0.2, 0.25) is 5.91 Å². The standard InChI is InChI=1S/C31H30Cl2N2O5/c1-19(2)29-30(37)35(27(31(38)39)15-21-7-4-10-24(32)13-21)28(17-34(29)20(3)36)23-9-6-12-26(16-23)40-18-22-8-5-11-25(33)14-22/h4-14,16-17,19,27,29H,15,18H2,1-3H3,(H,38,39)/t27?,29-/m1/s1. The Morgan fingerprint density at radius 3 is 2.17 bits per heavy atom. The van der Waals surface area contributed by atoms with Crippen LogP contribution in [-0.4, -0.2) is 44.8 Å². The Hall–Kier alpha value is -3.81. The van der Waals surface area contributed by atoms with E-state index in [1.54, 1.807) is 66.9 Å². The van der Waals surface area contributed by atoms with Crippen molar-refractivity contribution in [3.8, 4) is 5.75 Å². The summed E-state index contributed by atoms with van der Waals surface area (Å²) < 4.78 is 5.99. The van der Waals surface area contributed by atoms with Crippen LogP contribution in [0.4, 0.5) is 0 Å². The van der Waals surface area contributed by atoms with Crippen molar-refractivity contribution in [3.63, 3.8) is 0 Å². The van der Waals surface area contributed by atoms with Crippen LogP contribution in [0, 0.1) is 5.92 Å². The summed E-state index contributed by atoms with van der Waals surface area (Å²) in [6.07, 6.45) is 1.59. The number of nitrogens with zero attached hydrogens (tertiary/aromatic N) is 2. The largest absolute Gasteiger partial charge is 0.489 e. The van der Waals surface area contributed by atoms with E-state index in [9.17, 15) is 19.5 Å². The monoisotopic (exact) mass is 580 g/mol. The molecule has 0 radical (unpaired) electrons. The third kappa shape index (κ3) is 6.66. The smallest absolute Gasteiger partial charge is 0.327 e. The predicted octanol–water partition coefficient (Wildman–Crippen LogP) is 6.28. The average Bonchev–Trinajstić information content (AvgIpc) is 2.90. The van der Waals surface area contributed by atoms with Gasteiger partial charge in [0, 0.05) is 35.2 Å². The minimum atomic E-state index is -1.25. The summed E-state index contributed by atoms with van der Waals surface area (Å²) in [5.74, 6) is -1.72. The molecule has 1 unspecified atom stereocenters. The first-order valence-electron chi connectivity index (χ1n) is 12.8. The van der Waals surface area contributed by atoms with Gasteiger partial charge in [-0.25, -0.2) is 4.79 Å². The number of amides is 2. The number of halogens is 2. The second-order valence-corrected chi connectivity index (χ2v) is 10.8. The zero-order valence-corrected chi connectivity index (χ0v) is 23.9. The first-order valence-corrected chi connectivity index (χ1v) is 13.6. The van der Waals surface area contributed by atoms with Gasteiger partial charge in [-0.1, -0.05) is 73.4 Å². The molecule has 40 heavy (non-hydrogen) atoms. The third-order valence-electron chi connectivity index (χ3n) is 6.65. The van der Waals surface area contributed by atoms with E-state index in [2.05, 4.69) is 0 Å². The molecule has 3 aromatic rings. The molecule has 1 aliphatic heterocycles. The van der Waals surface area contributed by atoms with Crippen LogP contribution in [0.15, 0.2) is 79.0 Å². The molecule has 7 nitrogen and oxygen atoms in total. The lowest BCUT2D eigenvalue weighted by molar-refractivity contribution is -0.152. The zero-order valence-electron chi connectivity index (χ0n) is 22.4. The number of rotatable bonds is 9. The summed E-state index contributed by atoms with van der Waals surface area (Å²) >= 11 is 12.3. The highest BCUT2D eigenvalue weighted by Gasteiger charge is 2.44. The Bertz CT molecular complexity index is 1450. The van der Waals surface area contributed by atoms with E-state index in [-0.39, 0.29) is 24.9 Å². The first kappa shape index (κ1) is 29.2. The fourth-order valence-electron chi connectivity index (χ4n) is 4.80. The number of carboxylic acids is 1. The molecule has 9 heteroatoms. The van der Waals surface area contributed by atoms with Crippen molar-refractivity contribution in [2.75, 3.05) is 0 Å². The maximum atomic E-state index is 14.1. The number of hydrogen-bond donors (Lipinski definition) is 1. The molecule has 208 valence electrons. The van der Waals surface area contributed by atoms with Crippen molar-refractivity contribution in [3.05, 3.63) is 106 Å². The number of benzene rings is 3. The lowest BCUT2D eigenvalue weighted by Crippen LogP contribution is -2.58. The average molecular weight is 581 g/mol. The molecule has 1 heterocycles. The van der Waals surface area contributed by atoms with Gasteiger partial charge in [-0.3, -0.25) is 14.5 Å². The van der Waals surface area contributed by atoms with Crippen molar-refractivity contribution in [2.45, 2.75) is 45.9 Å². The highest BCUT2D eigenvalue weighted by Crippen LogP contribution is 2.34. The molecular formula is C31H30Cl2N2O5. The second-order valence-electron chi connectivity index (χ2n) is 9.97. The number of carbonyl (C=O) groups is 3. The van der Waals surface area contributed by atoms with Gasteiger partial charge in [0.05, 0.1) is 5.70 Å². The van der Waals surface area contributed by atoms with Gasteiger partial charge in [-0.15, -0.1) is 0 Å². The van der Waals surface area contributed by atoms with Gasteiger partial charge >= 0.3 is 5.97 Å². The fourth-order valence-corrected chi connectivity index (χ4v) is 5.22. The van der Waals surface area contributed by atoms with Crippen molar-refractivity contribution < 1.29 is 24.2 Å². The number of aliphatic carboxylic acids is 1. The molecule has 1 N–H and O–H groups in total.